The van der Waals surface area contributed by atoms with Gasteiger partial charge in [0, 0.05) is 61.4 Å². The molecular weight excluding hydrogens is 536 g/mol. The monoisotopic (exact) mass is 572 g/mol. The van der Waals surface area contributed by atoms with E-state index in [-0.39, 0.29) is 17.6 Å². The Bertz CT molecular complexity index is 1420. The molecule has 11 heteroatoms. The molecule has 3 amide bonds. The van der Waals surface area contributed by atoms with Crippen molar-refractivity contribution in [1.29, 1.82) is 0 Å². The number of benzene rings is 3. The van der Waals surface area contributed by atoms with Crippen LogP contribution in [0.15, 0.2) is 66.7 Å². The molecule has 1 saturated carbocycles. The summed E-state index contributed by atoms with van der Waals surface area (Å²) in [5.74, 6) is 0.685. The van der Waals surface area contributed by atoms with Crippen LogP contribution in [0.3, 0.4) is 0 Å². The number of carbonyl (C=O) groups is 2. The third-order valence-electron chi connectivity index (χ3n) is 7.82. The van der Waals surface area contributed by atoms with E-state index in [1.165, 1.54) is 30.7 Å². The molecule has 0 aromatic heterocycles. The second-order valence-electron chi connectivity index (χ2n) is 10.6. The largest absolute Gasteiger partial charge is 0.495 e. The molecule has 1 heterocycles. The van der Waals surface area contributed by atoms with E-state index in [1.807, 2.05) is 24.3 Å². The van der Waals surface area contributed by atoms with Crippen LogP contribution in [-0.4, -0.2) is 56.2 Å². The lowest BCUT2D eigenvalue weighted by atomic mass is 9.95. The first-order valence-electron chi connectivity index (χ1n) is 14.3. The molecule has 2 fully saturated rings. The maximum absolute atomic E-state index is 13.6. The van der Waals surface area contributed by atoms with Crippen LogP contribution in [0.5, 0.6) is 5.75 Å². The van der Waals surface area contributed by atoms with E-state index in [4.69, 9.17) is 4.74 Å². The number of amides is 3. The molecule has 5 rings (SSSR count). The number of hydrogen-bond donors (Lipinski definition) is 3. The van der Waals surface area contributed by atoms with E-state index in [9.17, 15) is 19.7 Å². The van der Waals surface area contributed by atoms with Crippen LogP contribution in [0, 0.1) is 10.1 Å². The summed E-state index contributed by atoms with van der Waals surface area (Å²) in [5.41, 5.74) is 3.21. The normalized spacial score (nSPS) is 15.5. The number of ether oxygens (including phenoxy) is 1. The summed E-state index contributed by atoms with van der Waals surface area (Å²) >= 11 is 0. The number of hydrogen-bond acceptors (Lipinski definition) is 7. The lowest BCUT2D eigenvalue weighted by Gasteiger charge is -2.38. The van der Waals surface area contributed by atoms with Crippen molar-refractivity contribution in [1.82, 2.24) is 5.32 Å². The fraction of sp³-hybridized carbons (Fsp3) is 0.355. The minimum Gasteiger partial charge on any atom is -0.495 e. The summed E-state index contributed by atoms with van der Waals surface area (Å²) in [6.07, 6.45) is 5.33. The SMILES string of the molecule is COc1ccccc1N1CCN(c2ccc(NC(=O)Nc3ccc([N+](=O)[O-])cc3)cc2C(=O)NC2CCCCC2)CC1. The lowest BCUT2D eigenvalue weighted by molar-refractivity contribution is -0.384. The number of methoxy groups -OCH3 is 1. The van der Waals surface area contributed by atoms with Gasteiger partial charge in [0.05, 0.1) is 23.3 Å². The highest BCUT2D eigenvalue weighted by molar-refractivity contribution is 6.04. The van der Waals surface area contributed by atoms with Gasteiger partial charge in [0.1, 0.15) is 5.75 Å². The minimum atomic E-state index is -0.513. The number of nitro benzene ring substituents is 1. The zero-order valence-electron chi connectivity index (χ0n) is 23.7. The van der Waals surface area contributed by atoms with Gasteiger partial charge in [-0.15, -0.1) is 0 Å². The summed E-state index contributed by atoms with van der Waals surface area (Å²) in [6.45, 7) is 2.97. The van der Waals surface area contributed by atoms with Crippen molar-refractivity contribution in [3.63, 3.8) is 0 Å². The Morgan fingerprint density at radius 3 is 2.12 bits per heavy atom. The van der Waals surface area contributed by atoms with Crippen molar-refractivity contribution >= 4 is 40.4 Å². The van der Waals surface area contributed by atoms with Gasteiger partial charge in [-0.1, -0.05) is 31.4 Å². The predicted molar refractivity (Wildman–Crippen MR) is 164 cm³/mol. The van der Waals surface area contributed by atoms with E-state index in [0.717, 1.165) is 69.0 Å². The molecule has 220 valence electrons. The van der Waals surface area contributed by atoms with Gasteiger partial charge < -0.3 is 30.5 Å². The molecule has 1 saturated heterocycles. The van der Waals surface area contributed by atoms with Gasteiger partial charge in [-0.05, 0) is 55.3 Å². The third kappa shape index (κ3) is 6.91. The Balaban J connectivity index is 1.32. The fourth-order valence-corrected chi connectivity index (χ4v) is 5.62. The van der Waals surface area contributed by atoms with E-state index in [0.29, 0.717) is 16.9 Å². The van der Waals surface area contributed by atoms with Gasteiger partial charge in [0.2, 0.25) is 0 Å². The van der Waals surface area contributed by atoms with E-state index in [1.54, 1.807) is 19.2 Å². The summed E-state index contributed by atoms with van der Waals surface area (Å²) < 4.78 is 5.55. The average molecular weight is 573 g/mol. The van der Waals surface area contributed by atoms with Gasteiger partial charge in [-0.3, -0.25) is 14.9 Å². The van der Waals surface area contributed by atoms with Crippen molar-refractivity contribution in [2.45, 2.75) is 38.1 Å². The molecule has 0 atom stereocenters. The second kappa shape index (κ2) is 13.2. The van der Waals surface area contributed by atoms with Crippen molar-refractivity contribution in [3.05, 3.63) is 82.4 Å². The Morgan fingerprint density at radius 2 is 1.45 bits per heavy atom. The highest BCUT2D eigenvalue weighted by atomic mass is 16.6. The van der Waals surface area contributed by atoms with Crippen molar-refractivity contribution in [2.24, 2.45) is 0 Å². The number of urea groups is 1. The lowest BCUT2D eigenvalue weighted by Crippen LogP contribution is -2.47. The molecule has 11 nitrogen and oxygen atoms in total. The van der Waals surface area contributed by atoms with E-state index >= 15 is 0 Å². The molecular formula is C31H36N6O5. The first-order chi connectivity index (χ1) is 20.4. The van der Waals surface area contributed by atoms with Crippen molar-refractivity contribution in [2.75, 3.05) is 53.7 Å². The molecule has 0 spiro atoms. The summed E-state index contributed by atoms with van der Waals surface area (Å²) in [7, 11) is 1.67. The quantitative estimate of drug-likeness (QED) is 0.235. The van der Waals surface area contributed by atoms with Crippen molar-refractivity contribution < 1.29 is 19.2 Å². The first kappa shape index (κ1) is 28.7. The fourth-order valence-electron chi connectivity index (χ4n) is 5.62. The number of rotatable bonds is 8. The molecule has 3 N–H and O–H groups in total. The van der Waals surface area contributed by atoms with Crippen LogP contribution < -0.4 is 30.5 Å². The van der Waals surface area contributed by atoms with Crippen LogP contribution in [-0.2, 0) is 0 Å². The number of nitrogens with zero attached hydrogens (tertiary/aromatic N) is 3. The highest BCUT2D eigenvalue weighted by Gasteiger charge is 2.25. The molecule has 3 aromatic carbocycles. The zero-order valence-corrected chi connectivity index (χ0v) is 23.7. The molecule has 1 aliphatic carbocycles. The van der Waals surface area contributed by atoms with Gasteiger partial charge in [-0.25, -0.2) is 4.79 Å². The van der Waals surface area contributed by atoms with Crippen molar-refractivity contribution in [3.8, 4) is 5.75 Å². The summed E-state index contributed by atoms with van der Waals surface area (Å²) in [5, 5.41) is 19.6. The Morgan fingerprint density at radius 1 is 0.833 bits per heavy atom. The standard InChI is InChI=1S/C31H36N6O5/c1-42-29-10-6-5-9-28(29)36-19-17-35(18-20-36)27-16-13-24(21-26(27)30(38)32-22-7-3-2-4-8-22)34-31(39)33-23-11-14-25(15-12-23)37(40)41/h5-6,9-16,21-22H,2-4,7-8,17-20H2,1H3,(H,32,38)(H2,33,34,39). The van der Waals surface area contributed by atoms with Crippen LogP contribution in [0.25, 0.3) is 0 Å². The molecule has 42 heavy (non-hydrogen) atoms. The molecule has 3 aromatic rings. The molecule has 2 aliphatic rings. The third-order valence-corrected chi connectivity index (χ3v) is 7.82. The number of para-hydroxylation sites is 2. The number of nitrogens with one attached hydrogen (secondary N) is 3. The Labute approximate surface area is 245 Å². The Kier molecular flexibility index (Phi) is 9.05. The zero-order chi connectivity index (χ0) is 29.5. The van der Waals surface area contributed by atoms with Gasteiger partial charge in [-0.2, -0.15) is 0 Å². The topological polar surface area (TPSA) is 129 Å². The van der Waals surface area contributed by atoms with Crippen LogP contribution in [0.1, 0.15) is 42.5 Å². The second-order valence-corrected chi connectivity index (χ2v) is 10.6. The Hall–Kier alpha value is -4.80. The maximum atomic E-state index is 13.6. The van der Waals surface area contributed by atoms with Gasteiger partial charge >= 0.3 is 6.03 Å². The minimum absolute atomic E-state index is 0.0612. The molecule has 1 aliphatic heterocycles. The summed E-state index contributed by atoms with van der Waals surface area (Å²) in [6, 6.07) is 18.6. The van der Waals surface area contributed by atoms with Gasteiger partial charge in [0.15, 0.2) is 0 Å². The van der Waals surface area contributed by atoms with Crippen LogP contribution in [0.4, 0.5) is 33.2 Å². The number of piperazine rings is 1. The first-order valence-corrected chi connectivity index (χ1v) is 14.3. The molecule has 0 unspecified atom stereocenters. The van der Waals surface area contributed by atoms with Crippen LogP contribution in [0.2, 0.25) is 0 Å². The highest BCUT2D eigenvalue weighted by Crippen LogP contribution is 2.31. The number of non-ortho nitro benzene ring substituents is 1. The summed E-state index contributed by atoms with van der Waals surface area (Å²) in [4.78, 5) is 41.2. The number of anilines is 4. The molecule has 0 radical (unpaired) electrons. The smallest absolute Gasteiger partial charge is 0.323 e. The average Bonchev–Trinajstić information content (AvgIpc) is 3.02. The van der Waals surface area contributed by atoms with E-state index in [2.05, 4.69) is 31.8 Å². The predicted octanol–water partition coefficient (Wildman–Crippen LogP) is 5.64. The van der Waals surface area contributed by atoms with E-state index < -0.39 is 11.0 Å². The van der Waals surface area contributed by atoms with Crippen LogP contribution >= 0.6 is 0 Å². The molecule has 0 bridgehead atoms. The number of nitro groups is 1. The van der Waals surface area contributed by atoms with Gasteiger partial charge in [0.25, 0.3) is 11.6 Å². The maximum Gasteiger partial charge on any atom is 0.323 e. The number of carbonyl (C=O) groups excluding carboxylic acids is 2.